The molecule has 25 heavy (non-hydrogen) atoms. The van der Waals surface area contributed by atoms with Crippen molar-refractivity contribution in [2.24, 2.45) is 17.1 Å². The van der Waals surface area contributed by atoms with Gasteiger partial charge in [-0.3, -0.25) is 0 Å². The monoisotopic (exact) mass is 334 g/mol. The Morgan fingerprint density at radius 2 is 1.76 bits per heavy atom. The number of fused-ring (bicyclic) bond motifs is 4. The zero-order valence-electron chi connectivity index (χ0n) is 14.2. The van der Waals surface area contributed by atoms with Gasteiger partial charge >= 0.3 is 6.09 Å². The molecule has 0 aromatic heterocycles. The van der Waals surface area contributed by atoms with Gasteiger partial charge < -0.3 is 15.4 Å². The van der Waals surface area contributed by atoms with Crippen molar-refractivity contribution in [3.8, 4) is 11.1 Å². The molecule has 2 N–H and O–H groups in total. The highest BCUT2D eigenvalue weighted by Gasteiger charge is 2.60. The fourth-order valence-corrected chi connectivity index (χ4v) is 4.73. The summed E-state index contributed by atoms with van der Waals surface area (Å²) in [5, 5.41) is 0. The highest BCUT2D eigenvalue weighted by molar-refractivity contribution is 5.79. The normalized spacial score (nSPS) is 26.1. The number of likely N-dealkylation sites (tertiary alicyclic amines) is 1. The van der Waals surface area contributed by atoms with Crippen LogP contribution in [0.2, 0.25) is 0 Å². The highest BCUT2D eigenvalue weighted by Crippen LogP contribution is 2.57. The van der Waals surface area contributed by atoms with E-state index in [4.69, 9.17) is 10.5 Å². The Morgan fingerprint density at radius 1 is 1.12 bits per heavy atom. The standard InChI is InChI=1S/C21H22N2O2/c22-12-21-9-14(21)10-23(13-21)20(24)25-11-19-17-7-3-1-5-15(17)16-6-2-4-8-18(16)19/h1-8,14,19H,9-13,22H2. The van der Waals surface area contributed by atoms with Crippen LogP contribution in [0.5, 0.6) is 0 Å². The maximum Gasteiger partial charge on any atom is 0.409 e. The van der Waals surface area contributed by atoms with Gasteiger partial charge in [-0.05, 0) is 41.1 Å². The lowest BCUT2D eigenvalue weighted by Crippen LogP contribution is -2.34. The van der Waals surface area contributed by atoms with Gasteiger partial charge in [0.15, 0.2) is 0 Å². The molecule has 2 fully saturated rings. The van der Waals surface area contributed by atoms with Gasteiger partial charge in [0, 0.05) is 24.4 Å². The van der Waals surface area contributed by atoms with Crippen LogP contribution in [0.4, 0.5) is 4.79 Å². The Labute approximate surface area is 147 Å². The lowest BCUT2D eigenvalue weighted by atomic mass is 9.98. The molecule has 1 aliphatic heterocycles. The Balaban J connectivity index is 1.32. The first-order chi connectivity index (χ1) is 12.2. The Bertz CT molecular complexity index is 800. The number of carbonyl (C=O) groups excluding carboxylic acids is 1. The second-order valence-corrected chi connectivity index (χ2v) is 7.65. The smallest absolute Gasteiger partial charge is 0.409 e. The predicted molar refractivity (Wildman–Crippen MR) is 96.2 cm³/mol. The number of rotatable bonds is 3. The first-order valence-electron chi connectivity index (χ1n) is 9.02. The number of nitrogens with two attached hydrogens (primary N) is 1. The zero-order chi connectivity index (χ0) is 17.0. The second kappa shape index (κ2) is 5.33. The molecule has 2 aliphatic carbocycles. The number of hydrogen-bond acceptors (Lipinski definition) is 3. The number of benzene rings is 2. The molecule has 0 bridgehead atoms. The summed E-state index contributed by atoms with van der Waals surface area (Å²) in [5.74, 6) is 0.704. The van der Waals surface area contributed by atoms with Gasteiger partial charge in [-0.25, -0.2) is 4.79 Å². The molecule has 1 saturated heterocycles. The van der Waals surface area contributed by atoms with Crippen molar-refractivity contribution >= 4 is 6.09 Å². The van der Waals surface area contributed by atoms with E-state index >= 15 is 0 Å². The van der Waals surface area contributed by atoms with E-state index in [2.05, 4.69) is 48.5 Å². The molecule has 2 atom stereocenters. The van der Waals surface area contributed by atoms with Gasteiger partial charge in [-0.2, -0.15) is 0 Å². The van der Waals surface area contributed by atoms with Crippen molar-refractivity contribution in [1.29, 1.82) is 0 Å². The average molecular weight is 334 g/mol. The lowest BCUT2D eigenvalue weighted by Gasteiger charge is -2.21. The van der Waals surface area contributed by atoms with Gasteiger partial charge in [0.05, 0.1) is 0 Å². The van der Waals surface area contributed by atoms with E-state index in [1.54, 1.807) is 0 Å². The molecule has 0 radical (unpaired) electrons. The number of piperidine rings is 1. The van der Waals surface area contributed by atoms with E-state index in [0.717, 1.165) is 19.5 Å². The van der Waals surface area contributed by atoms with E-state index in [1.165, 1.54) is 22.3 Å². The zero-order valence-corrected chi connectivity index (χ0v) is 14.2. The maximum absolute atomic E-state index is 12.5. The molecule has 2 unspecified atom stereocenters. The predicted octanol–water partition coefficient (Wildman–Crippen LogP) is 3.22. The van der Waals surface area contributed by atoms with E-state index in [9.17, 15) is 4.79 Å². The van der Waals surface area contributed by atoms with Crippen LogP contribution >= 0.6 is 0 Å². The number of amides is 1. The minimum atomic E-state index is -0.193. The minimum absolute atomic E-state index is 0.122. The largest absolute Gasteiger partial charge is 0.448 e. The summed E-state index contributed by atoms with van der Waals surface area (Å²) in [6.45, 7) is 2.62. The molecule has 1 saturated carbocycles. The van der Waals surface area contributed by atoms with Crippen LogP contribution in [0.3, 0.4) is 0 Å². The first-order valence-corrected chi connectivity index (χ1v) is 9.02. The van der Waals surface area contributed by atoms with Gasteiger partial charge in [0.1, 0.15) is 6.61 Å². The number of ether oxygens (including phenoxy) is 1. The van der Waals surface area contributed by atoms with Gasteiger partial charge in [0.2, 0.25) is 0 Å². The molecule has 3 aliphatic rings. The topological polar surface area (TPSA) is 55.6 Å². The SMILES string of the molecule is NCC12CC1CN(C(=O)OCC1c3ccccc3-c3ccccc31)C2. The number of hydrogen-bond donors (Lipinski definition) is 1. The summed E-state index contributed by atoms with van der Waals surface area (Å²) in [6, 6.07) is 16.8. The summed E-state index contributed by atoms with van der Waals surface area (Å²) in [7, 11) is 0. The molecule has 1 heterocycles. The van der Waals surface area contributed by atoms with Crippen molar-refractivity contribution < 1.29 is 9.53 Å². The summed E-state index contributed by atoms with van der Waals surface area (Å²) in [5.41, 5.74) is 11.1. The molecule has 0 spiro atoms. The van der Waals surface area contributed by atoms with E-state index in [1.807, 2.05) is 4.90 Å². The maximum atomic E-state index is 12.5. The van der Waals surface area contributed by atoms with Crippen molar-refractivity contribution in [1.82, 2.24) is 4.90 Å². The van der Waals surface area contributed by atoms with Crippen LogP contribution < -0.4 is 5.73 Å². The molecule has 128 valence electrons. The van der Waals surface area contributed by atoms with Crippen LogP contribution in [0, 0.1) is 11.3 Å². The van der Waals surface area contributed by atoms with Crippen molar-refractivity contribution in [2.75, 3.05) is 26.2 Å². The molecule has 2 aromatic carbocycles. The molecule has 4 heteroatoms. The van der Waals surface area contributed by atoms with Crippen LogP contribution in [-0.4, -0.2) is 37.2 Å². The average Bonchev–Trinajstić information content (AvgIpc) is 3.07. The third-order valence-corrected chi connectivity index (χ3v) is 6.31. The summed E-state index contributed by atoms with van der Waals surface area (Å²) < 4.78 is 5.73. The Morgan fingerprint density at radius 3 is 2.36 bits per heavy atom. The summed E-state index contributed by atoms with van der Waals surface area (Å²) in [4.78, 5) is 14.4. The van der Waals surface area contributed by atoms with E-state index in [-0.39, 0.29) is 17.4 Å². The summed E-state index contributed by atoms with van der Waals surface area (Å²) in [6.07, 6.45) is 0.971. The fraction of sp³-hybridized carbons (Fsp3) is 0.381. The second-order valence-electron chi connectivity index (χ2n) is 7.65. The Hall–Kier alpha value is -2.33. The van der Waals surface area contributed by atoms with Crippen LogP contribution in [0.15, 0.2) is 48.5 Å². The molecule has 2 aromatic rings. The fourth-order valence-electron chi connectivity index (χ4n) is 4.73. The van der Waals surface area contributed by atoms with Gasteiger partial charge in [-0.1, -0.05) is 48.5 Å². The quantitative estimate of drug-likeness (QED) is 0.938. The van der Waals surface area contributed by atoms with Crippen molar-refractivity contribution in [3.63, 3.8) is 0 Å². The van der Waals surface area contributed by atoms with Crippen molar-refractivity contribution in [3.05, 3.63) is 59.7 Å². The van der Waals surface area contributed by atoms with Gasteiger partial charge in [0.25, 0.3) is 0 Å². The van der Waals surface area contributed by atoms with Crippen LogP contribution in [0.25, 0.3) is 11.1 Å². The van der Waals surface area contributed by atoms with E-state index in [0.29, 0.717) is 19.1 Å². The third-order valence-electron chi connectivity index (χ3n) is 6.31. The Kier molecular flexibility index (Phi) is 3.19. The highest BCUT2D eigenvalue weighted by atomic mass is 16.6. The first kappa shape index (κ1) is 15.0. The molecule has 4 nitrogen and oxygen atoms in total. The van der Waals surface area contributed by atoms with Crippen LogP contribution in [-0.2, 0) is 4.74 Å². The number of nitrogens with zero attached hydrogens (tertiary/aromatic N) is 1. The van der Waals surface area contributed by atoms with Crippen LogP contribution in [0.1, 0.15) is 23.5 Å². The molecule has 1 amide bonds. The molecular formula is C21H22N2O2. The van der Waals surface area contributed by atoms with Gasteiger partial charge in [-0.15, -0.1) is 0 Å². The molecular weight excluding hydrogens is 312 g/mol. The minimum Gasteiger partial charge on any atom is -0.448 e. The van der Waals surface area contributed by atoms with Crippen molar-refractivity contribution in [2.45, 2.75) is 12.3 Å². The number of carbonyl (C=O) groups is 1. The summed E-state index contributed by atoms with van der Waals surface area (Å²) >= 11 is 0. The third kappa shape index (κ3) is 2.20. The van der Waals surface area contributed by atoms with E-state index < -0.39 is 0 Å². The lowest BCUT2D eigenvalue weighted by molar-refractivity contribution is 0.102. The molecule has 5 rings (SSSR count).